The molecule has 0 amide bonds. The Balaban J connectivity index is 1.70. The summed E-state index contributed by atoms with van der Waals surface area (Å²) in [6.45, 7) is 6.07. The number of hydrogen-bond donors (Lipinski definition) is 0. The molecule has 0 N–H and O–H groups in total. The largest absolute Gasteiger partial charge is 0.299 e. The number of Topliss-reactive ketones (excluding diaryl/α,β-unsaturated/α-hetero) is 1. The Morgan fingerprint density at radius 1 is 0.902 bits per heavy atom. The summed E-state index contributed by atoms with van der Waals surface area (Å²) in [6.07, 6.45) is 2.36. The Morgan fingerprint density at radius 3 is 2.20 bits per heavy atom. The number of carbonyl (C=O) groups excluding carboxylic acids is 2. The van der Waals surface area contributed by atoms with Gasteiger partial charge < -0.3 is 0 Å². The summed E-state index contributed by atoms with van der Waals surface area (Å²) in [7, 11) is 0. The van der Waals surface area contributed by atoms with Crippen molar-refractivity contribution in [2.24, 2.45) is 0 Å². The van der Waals surface area contributed by atoms with Gasteiger partial charge in [-0.15, -0.1) is 0 Å². The van der Waals surface area contributed by atoms with Gasteiger partial charge in [-0.1, -0.05) is 67.4 Å². The van der Waals surface area contributed by atoms with Gasteiger partial charge in [0.15, 0.2) is 11.6 Å². The zero-order chi connectivity index (χ0) is 28.6. The van der Waals surface area contributed by atoms with E-state index in [2.05, 4.69) is 24.4 Å². The van der Waals surface area contributed by atoms with Crippen LogP contribution in [0.5, 0.6) is 0 Å². The number of hydrogen-bond acceptors (Lipinski definition) is 3. The maximum Gasteiger partial charge on any atom is 0.194 e. The molecular formula is C34H25Cl2N3O2. The molecule has 1 aliphatic carbocycles. The van der Waals surface area contributed by atoms with Crippen LogP contribution in [-0.2, 0) is 5.41 Å². The third-order valence-electron chi connectivity index (χ3n) is 8.05. The second kappa shape index (κ2) is 9.16. The molecule has 41 heavy (non-hydrogen) atoms. The number of benzene rings is 3. The highest BCUT2D eigenvalue weighted by Crippen LogP contribution is 2.48. The zero-order valence-corrected chi connectivity index (χ0v) is 24.2. The highest BCUT2D eigenvalue weighted by molar-refractivity contribution is 6.31. The molecule has 0 atom stereocenters. The van der Waals surface area contributed by atoms with Crippen molar-refractivity contribution in [1.82, 2.24) is 14.2 Å². The number of fused-ring (bicyclic) bond motifs is 2. The third-order valence-corrected chi connectivity index (χ3v) is 8.56. The SMILES string of the molecule is Cc1nn(-c2ccccc2)c2c1c(C(=O)c1ccc(Cl)cc1)c1c3c(c(-c4ccc(Cl)cc4)cn32)C(C)(C)CC1=O. The minimum absolute atomic E-state index is 0.0562. The van der Waals surface area contributed by atoms with Crippen LogP contribution >= 0.6 is 23.2 Å². The summed E-state index contributed by atoms with van der Waals surface area (Å²) < 4.78 is 3.93. The molecule has 3 aromatic carbocycles. The fraction of sp³-hybridized carbons (Fsp3) is 0.147. The lowest BCUT2D eigenvalue weighted by molar-refractivity contribution is 0.0943. The fourth-order valence-corrected chi connectivity index (χ4v) is 6.55. The van der Waals surface area contributed by atoms with Crippen LogP contribution in [-0.4, -0.2) is 25.7 Å². The monoisotopic (exact) mass is 577 g/mol. The van der Waals surface area contributed by atoms with Crippen LogP contribution in [0, 0.1) is 6.92 Å². The summed E-state index contributed by atoms with van der Waals surface area (Å²) in [5.41, 5.74) is 6.84. The Bertz CT molecular complexity index is 2030. The maximum absolute atomic E-state index is 14.4. The number of ketones is 2. The Morgan fingerprint density at radius 2 is 1.54 bits per heavy atom. The molecule has 0 fully saturated rings. The molecule has 0 unspecified atom stereocenters. The van der Waals surface area contributed by atoms with Crippen molar-refractivity contribution >= 4 is 51.3 Å². The van der Waals surface area contributed by atoms with Gasteiger partial charge in [0.25, 0.3) is 0 Å². The quantitative estimate of drug-likeness (QED) is 0.197. The summed E-state index contributed by atoms with van der Waals surface area (Å²) in [4.78, 5) is 28.5. The van der Waals surface area contributed by atoms with Crippen LogP contribution in [0.4, 0.5) is 0 Å². The molecule has 5 nitrogen and oxygen atoms in total. The van der Waals surface area contributed by atoms with Gasteiger partial charge in [-0.2, -0.15) is 5.10 Å². The van der Waals surface area contributed by atoms with Gasteiger partial charge in [0, 0.05) is 39.4 Å². The van der Waals surface area contributed by atoms with Gasteiger partial charge >= 0.3 is 0 Å². The third kappa shape index (κ3) is 3.87. The molecule has 6 aromatic rings. The number of para-hydroxylation sites is 1. The van der Waals surface area contributed by atoms with Crippen molar-refractivity contribution in [2.75, 3.05) is 0 Å². The van der Waals surface area contributed by atoms with Gasteiger partial charge in [-0.3, -0.25) is 14.0 Å². The van der Waals surface area contributed by atoms with Gasteiger partial charge in [-0.25, -0.2) is 4.68 Å². The minimum atomic E-state index is -0.477. The smallest absolute Gasteiger partial charge is 0.194 e. The number of aromatic nitrogens is 3. The van der Waals surface area contributed by atoms with E-state index in [-0.39, 0.29) is 18.0 Å². The first-order valence-electron chi connectivity index (χ1n) is 13.4. The molecule has 7 rings (SSSR count). The van der Waals surface area contributed by atoms with Crippen molar-refractivity contribution in [3.63, 3.8) is 0 Å². The predicted octanol–water partition coefficient (Wildman–Crippen LogP) is 8.66. The molecule has 0 saturated carbocycles. The normalized spacial score (nSPS) is 14.2. The summed E-state index contributed by atoms with van der Waals surface area (Å²) >= 11 is 12.4. The molecular weight excluding hydrogens is 553 g/mol. The van der Waals surface area contributed by atoms with Gasteiger partial charge in [-0.05, 0) is 72.0 Å². The molecule has 0 aliphatic heterocycles. The molecule has 7 heteroatoms. The lowest BCUT2D eigenvalue weighted by atomic mass is 9.71. The van der Waals surface area contributed by atoms with Gasteiger partial charge in [0.1, 0.15) is 5.65 Å². The van der Waals surface area contributed by atoms with Crippen LogP contribution in [0.2, 0.25) is 10.0 Å². The highest BCUT2D eigenvalue weighted by atomic mass is 35.5. The second-order valence-corrected chi connectivity index (χ2v) is 12.1. The van der Waals surface area contributed by atoms with E-state index in [1.54, 1.807) is 24.3 Å². The minimum Gasteiger partial charge on any atom is -0.299 e. The number of aryl methyl sites for hydroxylation is 1. The van der Waals surface area contributed by atoms with E-state index in [4.69, 9.17) is 28.3 Å². The van der Waals surface area contributed by atoms with Crippen LogP contribution in [0.15, 0.2) is 85.1 Å². The number of pyridine rings is 1. The van der Waals surface area contributed by atoms with E-state index in [0.29, 0.717) is 37.8 Å². The van der Waals surface area contributed by atoms with Crippen LogP contribution in [0.1, 0.15) is 57.8 Å². The molecule has 0 saturated heterocycles. The van der Waals surface area contributed by atoms with E-state index in [1.165, 1.54) is 0 Å². The number of nitrogens with zero attached hydrogens (tertiary/aromatic N) is 3. The summed E-state index contributed by atoms with van der Waals surface area (Å²) in [5, 5.41) is 6.78. The molecule has 0 radical (unpaired) electrons. The summed E-state index contributed by atoms with van der Waals surface area (Å²) in [6, 6.07) is 24.4. The molecule has 202 valence electrons. The molecule has 0 spiro atoms. The first kappa shape index (κ1) is 25.8. The fourth-order valence-electron chi connectivity index (χ4n) is 6.30. The lowest BCUT2D eigenvalue weighted by Crippen LogP contribution is -2.29. The Kier molecular flexibility index (Phi) is 5.76. The predicted molar refractivity (Wildman–Crippen MR) is 164 cm³/mol. The van der Waals surface area contributed by atoms with Crippen molar-refractivity contribution in [1.29, 1.82) is 0 Å². The first-order valence-corrected chi connectivity index (χ1v) is 14.2. The topological polar surface area (TPSA) is 56.4 Å². The first-order chi connectivity index (χ1) is 19.7. The average molecular weight is 578 g/mol. The molecule has 0 bridgehead atoms. The Labute approximate surface area is 246 Å². The maximum atomic E-state index is 14.4. The molecule has 3 aromatic heterocycles. The standard InChI is InChI=1S/C34H25Cl2N3O2/c1-19-27-29(32(41)21-11-15-23(36)16-12-21)28-26(40)17-34(2,3)30-25(20-9-13-22(35)14-10-20)18-38(31(28)30)33(27)39(37-19)24-7-5-4-6-8-24/h4-16,18H,17H2,1-3H3. The van der Waals surface area contributed by atoms with Crippen molar-refractivity contribution in [3.8, 4) is 16.8 Å². The van der Waals surface area contributed by atoms with Crippen LogP contribution in [0.3, 0.4) is 0 Å². The van der Waals surface area contributed by atoms with Gasteiger partial charge in [0.05, 0.1) is 27.8 Å². The number of rotatable bonds is 4. The Hall–Kier alpha value is -4.19. The highest BCUT2D eigenvalue weighted by Gasteiger charge is 2.41. The van der Waals surface area contributed by atoms with Crippen molar-refractivity contribution < 1.29 is 9.59 Å². The molecule has 3 heterocycles. The van der Waals surface area contributed by atoms with Gasteiger partial charge in [0.2, 0.25) is 0 Å². The summed E-state index contributed by atoms with van der Waals surface area (Å²) in [5.74, 6) is -0.285. The van der Waals surface area contributed by atoms with Crippen molar-refractivity contribution in [2.45, 2.75) is 32.6 Å². The lowest BCUT2D eigenvalue weighted by Gasteiger charge is -2.31. The van der Waals surface area contributed by atoms with E-state index >= 15 is 0 Å². The number of halogens is 2. The van der Waals surface area contributed by atoms with Crippen LogP contribution in [0.25, 0.3) is 33.4 Å². The van der Waals surface area contributed by atoms with E-state index < -0.39 is 5.41 Å². The average Bonchev–Trinajstić information content (AvgIpc) is 3.52. The number of carbonyl (C=O) groups is 2. The van der Waals surface area contributed by atoms with E-state index in [9.17, 15) is 9.59 Å². The second-order valence-electron chi connectivity index (χ2n) is 11.2. The van der Waals surface area contributed by atoms with Crippen molar-refractivity contribution in [3.05, 3.63) is 123 Å². The zero-order valence-electron chi connectivity index (χ0n) is 22.7. The molecule has 1 aliphatic rings. The van der Waals surface area contributed by atoms with E-state index in [0.717, 1.165) is 33.5 Å². The van der Waals surface area contributed by atoms with E-state index in [1.807, 2.05) is 66.2 Å². The van der Waals surface area contributed by atoms with Crippen LogP contribution < -0.4 is 0 Å².